The highest BCUT2D eigenvalue weighted by molar-refractivity contribution is 6.31. The van der Waals surface area contributed by atoms with E-state index in [0.29, 0.717) is 27.7 Å². The summed E-state index contributed by atoms with van der Waals surface area (Å²) in [6, 6.07) is 8.60. The molecule has 0 unspecified atom stereocenters. The normalized spacial score (nSPS) is 10.3. The number of hydrogen-bond donors (Lipinski definition) is 2. The fourth-order valence-corrected chi connectivity index (χ4v) is 2.27. The van der Waals surface area contributed by atoms with Crippen LogP contribution in [0.3, 0.4) is 0 Å². The van der Waals surface area contributed by atoms with Crippen LogP contribution in [0.2, 0.25) is 5.02 Å². The molecule has 0 radical (unpaired) electrons. The molecule has 0 atom stereocenters. The van der Waals surface area contributed by atoms with Gasteiger partial charge in [-0.2, -0.15) is 0 Å². The summed E-state index contributed by atoms with van der Waals surface area (Å²) >= 11 is 5.95. The van der Waals surface area contributed by atoms with Crippen LogP contribution in [0.4, 0.5) is 11.4 Å². The number of carbonyl (C=O) groups is 1. The molecule has 0 heterocycles. The summed E-state index contributed by atoms with van der Waals surface area (Å²) in [5, 5.41) is 3.35. The van der Waals surface area contributed by atoms with Crippen molar-refractivity contribution < 1.29 is 9.53 Å². The van der Waals surface area contributed by atoms with Crippen molar-refractivity contribution in [1.82, 2.24) is 0 Å². The SMILES string of the molecule is COc1ccc(Cl)cc1C(=O)Nc1c(C)ccc(N)c1C. The minimum absolute atomic E-state index is 0.286. The maximum Gasteiger partial charge on any atom is 0.259 e. The Morgan fingerprint density at radius 1 is 1.24 bits per heavy atom. The smallest absolute Gasteiger partial charge is 0.259 e. The zero-order valence-electron chi connectivity index (χ0n) is 12.2. The molecule has 0 fully saturated rings. The van der Waals surface area contributed by atoms with Gasteiger partial charge in [0.1, 0.15) is 5.75 Å². The summed E-state index contributed by atoms with van der Waals surface area (Å²) in [7, 11) is 1.51. The van der Waals surface area contributed by atoms with Gasteiger partial charge in [-0.25, -0.2) is 0 Å². The van der Waals surface area contributed by atoms with Crippen molar-refractivity contribution in [3.05, 3.63) is 52.0 Å². The van der Waals surface area contributed by atoms with E-state index < -0.39 is 0 Å². The van der Waals surface area contributed by atoms with E-state index in [4.69, 9.17) is 22.1 Å². The number of nitrogens with two attached hydrogens (primary N) is 1. The molecule has 1 amide bonds. The molecular weight excluding hydrogens is 288 g/mol. The molecule has 0 saturated heterocycles. The number of amides is 1. The minimum Gasteiger partial charge on any atom is -0.496 e. The monoisotopic (exact) mass is 304 g/mol. The summed E-state index contributed by atoms with van der Waals surface area (Å²) in [5.74, 6) is 0.183. The Balaban J connectivity index is 2.39. The highest BCUT2D eigenvalue weighted by Gasteiger charge is 2.15. The Hall–Kier alpha value is -2.20. The van der Waals surface area contributed by atoms with Crippen LogP contribution in [0.5, 0.6) is 5.75 Å². The van der Waals surface area contributed by atoms with E-state index in [2.05, 4.69) is 5.32 Å². The molecule has 4 nitrogen and oxygen atoms in total. The molecule has 0 bridgehead atoms. The fourth-order valence-electron chi connectivity index (χ4n) is 2.09. The molecule has 3 N–H and O–H groups in total. The number of aryl methyl sites for hydroxylation is 1. The van der Waals surface area contributed by atoms with Gasteiger partial charge in [-0.3, -0.25) is 4.79 Å². The summed E-state index contributed by atoms with van der Waals surface area (Å²) in [4.78, 5) is 12.5. The highest BCUT2D eigenvalue weighted by Crippen LogP contribution is 2.28. The first-order valence-corrected chi connectivity index (χ1v) is 6.82. The molecule has 0 aliphatic carbocycles. The van der Waals surface area contributed by atoms with Crippen LogP contribution in [-0.2, 0) is 0 Å². The second-order valence-electron chi connectivity index (χ2n) is 4.77. The number of methoxy groups -OCH3 is 1. The molecule has 5 heteroatoms. The lowest BCUT2D eigenvalue weighted by atomic mass is 10.1. The number of nitrogens with one attached hydrogen (secondary N) is 1. The van der Waals surface area contributed by atoms with E-state index in [1.165, 1.54) is 7.11 Å². The van der Waals surface area contributed by atoms with Crippen LogP contribution in [-0.4, -0.2) is 13.0 Å². The number of carbonyl (C=O) groups excluding carboxylic acids is 1. The number of ether oxygens (including phenoxy) is 1. The van der Waals surface area contributed by atoms with E-state index in [-0.39, 0.29) is 5.91 Å². The molecule has 0 aromatic heterocycles. The van der Waals surface area contributed by atoms with Crippen molar-refractivity contribution in [3.63, 3.8) is 0 Å². The topological polar surface area (TPSA) is 64.3 Å². The van der Waals surface area contributed by atoms with Crippen molar-refractivity contribution in [1.29, 1.82) is 0 Å². The fraction of sp³-hybridized carbons (Fsp3) is 0.188. The van der Waals surface area contributed by atoms with Gasteiger partial charge >= 0.3 is 0 Å². The number of rotatable bonds is 3. The van der Waals surface area contributed by atoms with Gasteiger partial charge in [-0.1, -0.05) is 17.7 Å². The quantitative estimate of drug-likeness (QED) is 0.848. The highest BCUT2D eigenvalue weighted by atomic mass is 35.5. The first-order valence-electron chi connectivity index (χ1n) is 6.44. The number of hydrogen-bond acceptors (Lipinski definition) is 3. The zero-order valence-corrected chi connectivity index (χ0v) is 12.9. The van der Waals surface area contributed by atoms with Crippen LogP contribution in [0.15, 0.2) is 30.3 Å². The van der Waals surface area contributed by atoms with Crippen LogP contribution in [0.1, 0.15) is 21.5 Å². The van der Waals surface area contributed by atoms with E-state index in [1.54, 1.807) is 18.2 Å². The third kappa shape index (κ3) is 3.11. The predicted octanol–water partition coefficient (Wildman–Crippen LogP) is 3.80. The lowest BCUT2D eigenvalue weighted by Gasteiger charge is -2.15. The number of benzene rings is 2. The molecule has 2 aromatic carbocycles. The van der Waals surface area contributed by atoms with Crippen LogP contribution >= 0.6 is 11.6 Å². The summed E-state index contributed by atoms with van der Waals surface area (Å²) in [5.41, 5.74) is 9.39. The Kier molecular flexibility index (Phi) is 4.38. The lowest BCUT2D eigenvalue weighted by Crippen LogP contribution is -2.15. The Morgan fingerprint density at radius 2 is 1.95 bits per heavy atom. The molecule has 0 aliphatic heterocycles. The van der Waals surface area contributed by atoms with Crippen molar-refractivity contribution in [3.8, 4) is 5.75 Å². The third-order valence-corrected chi connectivity index (χ3v) is 3.60. The predicted molar refractivity (Wildman–Crippen MR) is 86.3 cm³/mol. The van der Waals surface area contributed by atoms with Gasteiger partial charge in [0.05, 0.1) is 12.7 Å². The van der Waals surface area contributed by atoms with Gasteiger partial charge in [0, 0.05) is 16.4 Å². The molecule has 0 aliphatic rings. The van der Waals surface area contributed by atoms with Crippen molar-refractivity contribution >= 4 is 28.9 Å². The number of halogens is 1. The first-order chi connectivity index (χ1) is 9.93. The summed E-state index contributed by atoms with van der Waals surface area (Å²) in [6.07, 6.45) is 0. The van der Waals surface area contributed by atoms with E-state index in [1.807, 2.05) is 26.0 Å². The van der Waals surface area contributed by atoms with Gasteiger partial charge in [-0.05, 0) is 49.2 Å². The zero-order chi connectivity index (χ0) is 15.6. The molecule has 0 saturated carbocycles. The second kappa shape index (κ2) is 6.06. The van der Waals surface area contributed by atoms with E-state index in [9.17, 15) is 4.79 Å². The van der Waals surface area contributed by atoms with Crippen LogP contribution in [0.25, 0.3) is 0 Å². The van der Waals surface area contributed by atoms with Gasteiger partial charge in [0.2, 0.25) is 0 Å². The van der Waals surface area contributed by atoms with E-state index in [0.717, 1.165) is 11.1 Å². The largest absolute Gasteiger partial charge is 0.496 e. The average molecular weight is 305 g/mol. The van der Waals surface area contributed by atoms with Crippen molar-refractivity contribution in [2.75, 3.05) is 18.2 Å². The van der Waals surface area contributed by atoms with Crippen LogP contribution < -0.4 is 15.8 Å². The van der Waals surface area contributed by atoms with Gasteiger partial charge in [0.25, 0.3) is 5.91 Å². The standard InChI is InChI=1S/C16H17ClN2O2/c1-9-4-6-13(18)10(2)15(9)19-16(20)12-8-11(17)5-7-14(12)21-3/h4-8H,18H2,1-3H3,(H,19,20). The lowest BCUT2D eigenvalue weighted by molar-refractivity contribution is 0.102. The molecule has 2 aromatic rings. The maximum absolute atomic E-state index is 12.5. The van der Waals surface area contributed by atoms with Gasteiger partial charge in [-0.15, -0.1) is 0 Å². The van der Waals surface area contributed by atoms with Gasteiger partial charge < -0.3 is 15.8 Å². The van der Waals surface area contributed by atoms with Gasteiger partial charge in [0.15, 0.2) is 0 Å². The number of nitrogen functional groups attached to an aromatic ring is 1. The Morgan fingerprint density at radius 3 is 2.62 bits per heavy atom. The minimum atomic E-state index is -0.286. The summed E-state index contributed by atoms with van der Waals surface area (Å²) in [6.45, 7) is 3.78. The third-order valence-electron chi connectivity index (χ3n) is 3.36. The molecule has 2 rings (SSSR count). The summed E-state index contributed by atoms with van der Waals surface area (Å²) < 4.78 is 5.20. The number of anilines is 2. The molecule has 21 heavy (non-hydrogen) atoms. The maximum atomic E-state index is 12.5. The second-order valence-corrected chi connectivity index (χ2v) is 5.21. The van der Waals surface area contributed by atoms with Crippen molar-refractivity contribution in [2.24, 2.45) is 0 Å². The Bertz CT molecular complexity index is 699. The Labute approximate surface area is 128 Å². The molecule has 0 spiro atoms. The average Bonchev–Trinajstić information content (AvgIpc) is 2.47. The molecule has 110 valence electrons. The van der Waals surface area contributed by atoms with Crippen LogP contribution in [0, 0.1) is 13.8 Å². The van der Waals surface area contributed by atoms with E-state index >= 15 is 0 Å². The molecular formula is C16H17ClN2O2. The van der Waals surface area contributed by atoms with Crippen molar-refractivity contribution in [2.45, 2.75) is 13.8 Å². The first kappa shape index (κ1) is 15.2.